The van der Waals surface area contributed by atoms with Gasteiger partial charge in [-0.05, 0) is 13.2 Å². The molecule has 2 N–H and O–H groups in total. The summed E-state index contributed by atoms with van der Waals surface area (Å²) in [4.78, 5) is 11.5. The highest BCUT2D eigenvalue weighted by Gasteiger charge is 2.22. The lowest BCUT2D eigenvalue weighted by Crippen LogP contribution is -2.46. The topological polar surface area (TPSA) is 41.1 Å². The zero-order valence-corrected chi connectivity index (χ0v) is 9.63. The van der Waals surface area contributed by atoms with E-state index in [1.807, 2.05) is 13.2 Å². The Balaban J connectivity index is 2.23. The Labute approximate surface area is 87.8 Å². The second-order valence-electron chi connectivity index (χ2n) is 3.14. The van der Waals surface area contributed by atoms with E-state index in [9.17, 15) is 4.79 Å². The summed E-state index contributed by atoms with van der Waals surface area (Å²) in [6.45, 7) is 2.04. The number of carbonyl (C=O) groups excluding carboxylic acids is 1. The van der Waals surface area contributed by atoms with Crippen LogP contribution in [0.15, 0.2) is 0 Å². The Morgan fingerprint density at radius 2 is 2.62 bits per heavy atom. The number of hydrogen-bond donors (Lipinski definition) is 2. The normalized spacial score (nSPS) is 24.3. The van der Waals surface area contributed by atoms with Gasteiger partial charge in [0.2, 0.25) is 5.91 Å². The zero-order chi connectivity index (χ0) is 9.68. The first kappa shape index (κ1) is 11.2. The fraction of sp³-hybridized carbons (Fsp3) is 0.875. The maximum Gasteiger partial charge on any atom is 0.238 e. The lowest BCUT2D eigenvalue weighted by Gasteiger charge is -2.15. The van der Waals surface area contributed by atoms with Gasteiger partial charge in [-0.25, -0.2) is 0 Å². The van der Waals surface area contributed by atoms with Gasteiger partial charge in [0, 0.05) is 23.4 Å². The van der Waals surface area contributed by atoms with E-state index in [1.165, 1.54) is 0 Å². The minimum Gasteiger partial charge on any atom is -0.351 e. The van der Waals surface area contributed by atoms with Gasteiger partial charge in [-0.15, -0.1) is 11.8 Å². The number of nitrogens with one attached hydrogen (secondary N) is 2. The van der Waals surface area contributed by atoms with Crippen molar-refractivity contribution in [3.8, 4) is 0 Å². The standard InChI is InChI=1S/C8H16N2OS2/c1-6(3-12-2)10-8(11)7-4-13-5-9-7/h6-7,9H,3-5H2,1-2H3,(H,10,11). The van der Waals surface area contributed by atoms with Gasteiger partial charge >= 0.3 is 0 Å². The zero-order valence-electron chi connectivity index (χ0n) is 8.00. The molecular formula is C8H16N2OS2. The van der Waals surface area contributed by atoms with Crippen molar-refractivity contribution >= 4 is 29.4 Å². The molecule has 1 heterocycles. The van der Waals surface area contributed by atoms with Crippen LogP contribution in [0.4, 0.5) is 0 Å². The molecule has 2 atom stereocenters. The van der Waals surface area contributed by atoms with Crippen molar-refractivity contribution in [3.63, 3.8) is 0 Å². The molecule has 1 aliphatic rings. The van der Waals surface area contributed by atoms with E-state index < -0.39 is 0 Å². The van der Waals surface area contributed by atoms with Gasteiger partial charge in [-0.1, -0.05) is 0 Å². The van der Waals surface area contributed by atoms with Crippen molar-refractivity contribution in [1.29, 1.82) is 0 Å². The predicted octanol–water partition coefficient (Wildman–Crippen LogP) is 0.517. The first-order chi connectivity index (χ1) is 6.24. The van der Waals surface area contributed by atoms with Crippen LogP contribution in [-0.4, -0.2) is 41.6 Å². The second kappa shape index (κ2) is 5.78. The summed E-state index contributed by atoms with van der Waals surface area (Å²) >= 11 is 3.53. The van der Waals surface area contributed by atoms with Gasteiger partial charge in [0.05, 0.1) is 6.04 Å². The summed E-state index contributed by atoms with van der Waals surface area (Å²) in [5, 5.41) is 6.14. The molecular weight excluding hydrogens is 204 g/mol. The summed E-state index contributed by atoms with van der Waals surface area (Å²) < 4.78 is 0. The molecule has 1 amide bonds. The van der Waals surface area contributed by atoms with Crippen LogP contribution >= 0.6 is 23.5 Å². The second-order valence-corrected chi connectivity index (χ2v) is 5.08. The molecule has 0 saturated carbocycles. The number of carbonyl (C=O) groups is 1. The Kier molecular flexibility index (Phi) is 4.98. The lowest BCUT2D eigenvalue weighted by molar-refractivity contribution is -0.122. The maximum absolute atomic E-state index is 11.5. The molecule has 0 aliphatic carbocycles. The Morgan fingerprint density at radius 3 is 3.15 bits per heavy atom. The van der Waals surface area contributed by atoms with E-state index in [4.69, 9.17) is 0 Å². The highest BCUT2D eigenvalue weighted by Crippen LogP contribution is 2.09. The van der Waals surface area contributed by atoms with Crippen LogP contribution < -0.4 is 10.6 Å². The van der Waals surface area contributed by atoms with Gasteiger partial charge in [-0.2, -0.15) is 11.8 Å². The first-order valence-electron chi connectivity index (χ1n) is 4.34. The summed E-state index contributed by atoms with van der Waals surface area (Å²) in [5.41, 5.74) is 0. The third kappa shape index (κ3) is 3.79. The SMILES string of the molecule is CSCC(C)NC(=O)C1CSCN1. The lowest BCUT2D eigenvalue weighted by atomic mass is 10.3. The molecule has 0 aromatic rings. The van der Waals surface area contributed by atoms with E-state index in [2.05, 4.69) is 10.6 Å². The molecule has 1 aliphatic heterocycles. The fourth-order valence-corrected chi connectivity index (χ4v) is 2.72. The third-order valence-electron chi connectivity index (χ3n) is 1.84. The molecule has 0 aromatic carbocycles. The van der Waals surface area contributed by atoms with Crippen LogP contribution in [0.2, 0.25) is 0 Å². The quantitative estimate of drug-likeness (QED) is 0.724. The fourth-order valence-electron chi connectivity index (χ4n) is 1.20. The average molecular weight is 220 g/mol. The maximum atomic E-state index is 11.5. The van der Waals surface area contributed by atoms with Crippen molar-refractivity contribution < 1.29 is 4.79 Å². The molecule has 5 heteroatoms. The Bertz CT molecular complexity index is 172. The largest absolute Gasteiger partial charge is 0.351 e. The van der Waals surface area contributed by atoms with E-state index in [1.54, 1.807) is 23.5 Å². The van der Waals surface area contributed by atoms with Crippen molar-refractivity contribution in [1.82, 2.24) is 10.6 Å². The van der Waals surface area contributed by atoms with E-state index in [0.29, 0.717) is 0 Å². The summed E-state index contributed by atoms with van der Waals surface area (Å²) in [6, 6.07) is 0.296. The highest BCUT2D eigenvalue weighted by molar-refractivity contribution is 7.99. The molecule has 13 heavy (non-hydrogen) atoms. The van der Waals surface area contributed by atoms with Crippen molar-refractivity contribution in [3.05, 3.63) is 0 Å². The van der Waals surface area contributed by atoms with Gasteiger partial charge < -0.3 is 5.32 Å². The molecule has 1 saturated heterocycles. The van der Waals surface area contributed by atoms with Crippen LogP contribution in [0.3, 0.4) is 0 Å². The minimum absolute atomic E-state index is 0.0225. The number of hydrogen-bond acceptors (Lipinski definition) is 4. The van der Waals surface area contributed by atoms with Crippen molar-refractivity contribution in [2.75, 3.05) is 23.6 Å². The Hall–Kier alpha value is 0.130. The third-order valence-corrected chi connectivity index (χ3v) is 3.61. The van der Waals surface area contributed by atoms with Crippen molar-refractivity contribution in [2.24, 2.45) is 0 Å². The van der Waals surface area contributed by atoms with Gasteiger partial charge in [0.25, 0.3) is 0 Å². The summed E-state index contributed by atoms with van der Waals surface area (Å²) in [6.07, 6.45) is 2.05. The average Bonchev–Trinajstić information content (AvgIpc) is 2.55. The first-order valence-corrected chi connectivity index (χ1v) is 6.89. The monoisotopic (exact) mass is 220 g/mol. The molecule has 0 bridgehead atoms. The van der Waals surface area contributed by atoms with Crippen LogP contribution in [0.25, 0.3) is 0 Å². The van der Waals surface area contributed by atoms with E-state index in [0.717, 1.165) is 17.4 Å². The molecule has 0 aromatic heterocycles. The smallest absolute Gasteiger partial charge is 0.238 e. The molecule has 0 radical (unpaired) electrons. The number of thioether (sulfide) groups is 2. The summed E-state index contributed by atoms with van der Waals surface area (Å²) in [5.74, 6) is 2.92. The molecule has 3 nitrogen and oxygen atoms in total. The Morgan fingerprint density at radius 1 is 1.85 bits per heavy atom. The molecule has 76 valence electrons. The van der Waals surface area contributed by atoms with Crippen LogP contribution in [0, 0.1) is 0 Å². The van der Waals surface area contributed by atoms with Crippen molar-refractivity contribution in [2.45, 2.75) is 19.0 Å². The predicted molar refractivity (Wildman–Crippen MR) is 60.2 cm³/mol. The number of amides is 1. The van der Waals surface area contributed by atoms with E-state index in [-0.39, 0.29) is 18.0 Å². The molecule has 2 unspecified atom stereocenters. The van der Waals surface area contributed by atoms with E-state index >= 15 is 0 Å². The molecule has 0 spiro atoms. The van der Waals surface area contributed by atoms with Gasteiger partial charge in [-0.3, -0.25) is 10.1 Å². The van der Waals surface area contributed by atoms with Gasteiger partial charge in [0.15, 0.2) is 0 Å². The highest BCUT2D eigenvalue weighted by atomic mass is 32.2. The number of rotatable bonds is 4. The van der Waals surface area contributed by atoms with Crippen LogP contribution in [-0.2, 0) is 4.79 Å². The van der Waals surface area contributed by atoms with Gasteiger partial charge in [0.1, 0.15) is 0 Å². The molecule has 1 fully saturated rings. The molecule has 1 rings (SSSR count). The summed E-state index contributed by atoms with van der Waals surface area (Å²) in [7, 11) is 0. The van der Waals surface area contributed by atoms with Crippen LogP contribution in [0.5, 0.6) is 0 Å². The minimum atomic E-state index is 0.0225. The van der Waals surface area contributed by atoms with Crippen LogP contribution in [0.1, 0.15) is 6.92 Å².